The monoisotopic (exact) mass is 448 g/mol. The second-order valence-electron chi connectivity index (χ2n) is 8.38. The molecule has 176 valence electrons. The number of benzene rings is 1. The Morgan fingerprint density at radius 1 is 1.03 bits per heavy atom. The summed E-state index contributed by atoms with van der Waals surface area (Å²) in [4.78, 5) is 49.2. The van der Waals surface area contributed by atoms with Gasteiger partial charge in [-0.25, -0.2) is 4.79 Å². The van der Waals surface area contributed by atoms with Crippen molar-refractivity contribution in [2.24, 2.45) is 5.92 Å². The summed E-state index contributed by atoms with van der Waals surface area (Å²) in [6.07, 6.45) is 1.61. The average Bonchev–Trinajstić information content (AvgIpc) is 3.27. The van der Waals surface area contributed by atoms with Gasteiger partial charge in [-0.15, -0.1) is 0 Å². The Morgan fingerprint density at radius 3 is 2.22 bits per heavy atom. The molecule has 4 unspecified atom stereocenters. The van der Waals surface area contributed by atoms with Gasteiger partial charge >= 0.3 is 5.97 Å². The molecule has 1 saturated heterocycles. The highest BCUT2D eigenvalue weighted by Gasteiger charge is 2.31. The molecule has 0 spiro atoms. The van der Waals surface area contributed by atoms with Crippen LogP contribution in [0.25, 0.3) is 0 Å². The van der Waals surface area contributed by atoms with E-state index >= 15 is 0 Å². The van der Waals surface area contributed by atoms with Gasteiger partial charge in [-0.3, -0.25) is 14.4 Å². The first kappa shape index (κ1) is 25.1. The van der Waals surface area contributed by atoms with Crippen LogP contribution >= 0.6 is 0 Å². The maximum Gasteiger partial charge on any atom is 0.326 e. The van der Waals surface area contributed by atoms with Crippen LogP contribution in [0, 0.1) is 5.92 Å². The van der Waals surface area contributed by atoms with Crippen molar-refractivity contribution in [2.45, 2.75) is 64.2 Å². The molecule has 0 aliphatic carbocycles. The number of hydrogen-bond acceptors (Lipinski definition) is 6. The van der Waals surface area contributed by atoms with E-state index in [9.17, 15) is 29.4 Å². The van der Waals surface area contributed by atoms with Crippen LogP contribution in [-0.2, 0) is 25.6 Å². The summed E-state index contributed by atoms with van der Waals surface area (Å²) in [7, 11) is 0. The second-order valence-corrected chi connectivity index (χ2v) is 8.38. The van der Waals surface area contributed by atoms with E-state index in [1.165, 1.54) is 19.1 Å². The van der Waals surface area contributed by atoms with Crippen LogP contribution in [-0.4, -0.2) is 64.6 Å². The summed E-state index contributed by atoms with van der Waals surface area (Å²) in [6, 6.07) is 2.62. The zero-order valence-electron chi connectivity index (χ0n) is 18.6. The summed E-state index contributed by atoms with van der Waals surface area (Å²) in [5, 5.41) is 29.6. The van der Waals surface area contributed by atoms with Gasteiger partial charge in [-0.05, 0) is 49.9 Å². The minimum absolute atomic E-state index is 0.0150. The number of aliphatic carboxylic acids is 1. The van der Waals surface area contributed by atoms with Gasteiger partial charge in [0.05, 0.1) is 6.04 Å². The minimum Gasteiger partial charge on any atom is -0.508 e. The van der Waals surface area contributed by atoms with Crippen molar-refractivity contribution in [3.8, 4) is 5.75 Å². The molecule has 1 heterocycles. The minimum atomic E-state index is -1.22. The van der Waals surface area contributed by atoms with Gasteiger partial charge in [-0.2, -0.15) is 0 Å². The molecule has 1 aromatic carbocycles. The Labute approximate surface area is 187 Å². The Balaban J connectivity index is 1.95. The summed E-state index contributed by atoms with van der Waals surface area (Å²) in [5.74, 6) is -2.81. The van der Waals surface area contributed by atoms with Crippen LogP contribution < -0.4 is 21.3 Å². The van der Waals surface area contributed by atoms with Crippen LogP contribution in [0.1, 0.15) is 39.2 Å². The van der Waals surface area contributed by atoms with Gasteiger partial charge in [0.15, 0.2) is 0 Å². The van der Waals surface area contributed by atoms with Gasteiger partial charge in [0.1, 0.15) is 23.9 Å². The van der Waals surface area contributed by atoms with Crippen LogP contribution in [0.3, 0.4) is 0 Å². The molecule has 1 aromatic rings. The van der Waals surface area contributed by atoms with Crippen molar-refractivity contribution in [3.63, 3.8) is 0 Å². The van der Waals surface area contributed by atoms with E-state index in [0.29, 0.717) is 12.0 Å². The quantitative estimate of drug-likeness (QED) is 0.292. The molecule has 0 aromatic heterocycles. The molecule has 4 atom stereocenters. The molecular weight excluding hydrogens is 416 g/mol. The highest BCUT2D eigenvalue weighted by molar-refractivity contribution is 5.94. The maximum atomic E-state index is 12.7. The van der Waals surface area contributed by atoms with Crippen LogP contribution in [0.2, 0.25) is 0 Å². The molecular formula is C22H32N4O6. The first-order valence-corrected chi connectivity index (χ1v) is 10.7. The number of phenols is 1. The molecule has 6 N–H and O–H groups in total. The first-order chi connectivity index (χ1) is 15.1. The molecule has 0 bridgehead atoms. The lowest BCUT2D eigenvalue weighted by Gasteiger charge is -2.25. The van der Waals surface area contributed by atoms with Crippen molar-refractivity contribution in [3.05, 3.63) is 29.8 Å². The van der Waals surface area contributed by atoms with E-state index in [2.05, 4.69) is 21.3 Å². The van der Waals surface area contributed by atoms with E-state index in [1.807, 2.05) is 0 Å². The molecule has 0 saturated carbocycles. The fourth-order valence-corrected chi connectivity index (χ4v) is 3.43. The number of aromatic hydroxyl groups is 1. The number of nitrogens with one attached hydrogen (secondary N) is 4. The molecule has 1 aliphatic heterocycles. The first-order valence-electron chi connectivity index (χ1n) is 10.7. The topological polar surface area (TPSA) is 157 Å². The number of carbonyl (C=O) groups is 4. The fraction of sp³-hybridized carbons (Fsp3) is 0.545. The zero-order chi connectivity index (χ0) is 23.8. The normalized spacial score (nSPS) is 18.4. The lowest BCUT2D eigenvalue weighted by molar-refractivity contribution is -0.142. The largest absolute Gasteiger partial charge is 0.508 e. The third kappa shape index (κ3) is 7.23. The summed E-state index contributed by atoms with van der Waals surface area (Å²) in [5.41, 5.74) is 0.621. The van der Waals surface area contributed by atoms with Crippen LogP contribution in [0.5, 0.6) is 5.75 Å². The van der Waals surface area contributed by atoms with Gasteiger partial charge in [-0.1, -0.05) is 26.0 Å². The molecule has 3 amide bonds. The van der Waals surface area contributed by atoms with Crippen molar-refractivity contribution in [1.82, 2.24) is 21.3 Å². The van der Waals surface area contributed by atoms with Crippen LogP contribution in [0.4, 0.5) is 0 Å². The van der Waals surface area contributed by atoms with E-state index < -0.39 is 35.9 Å². The van der Waals surface area contributed by atoms with E-state index in [-0.39, 0.29) is 30.0 Å². The number of phenolic OH excluding ortho intramolecular Hbond substituents is 1. The Hall–Kier alpha value is -3.14. The lowest BCUT2D eigenvalue weighted by Crippen LogP contribution is -2.57. The zero-order valence-corrected chi connectivity index (χ0v) is 18.6. The molecule has 32 heavy (non-hydrogen) atoms. The van der Waals surface area contributed by atoms with Crippen molar-refractivity contribution < 1.29 is 29.4 Å². The van der Waals surface area contributed by atoms with Gasteiger partial charge in [0.2, 0.25) is 17.7 Å². The molecule has 1 aliphatic rings. The van der Waals surface area contributed by atoms with Gasteiger partial charge in [0, 0.05) is 6.42 Å². The number of carboxylic acid groups (broad SMARTS) is 1. The molecule has 1 fully saturated rings. The summed E-state index contributed by atoms with van der Waals surface area (Å²) >= 11 is 0. The van der Waals surface area contributed by atoms with E-state index in [4.69, 9.17) is 0 Å². The SMILES string of the molecule is CC(NC(=O)C(NC(=O)C1CCCN1)C(C)C)C(=O)NC(Cc1ccc(O)cc1)C(=O)O. The van der Waals surface area contributed by atoms with Crippen molar-refractivity contribution in [2.75, 3.05) is 6.54 Å². The standard InChI is InChI=1S/C22H32N4O6/c1-12(2)18(26-20(29)16-5-4-10-23-16)21(30)24-13(3)19(28)25-17(22(31)32)11-14-6-8-15(27)9-7-14/h6-9,12-13,16-18,23,27H,4-5,10-11H2,1-3H3,(H,24,30)(H,25,28)(H,26,29)(H,31,32). The number of carboxylic acids is 1. The highest BCUT2D eigenvalue weighted by atomic mass is 16.4. The van der Waals surface area contributed by atoms with Gasteiger partial charge < -0.3 is 31.5 Å². The molecule has 10 heteroatoms. The van der Waals surface area contributed by atoms with Crippen molar-refractivity contribution in [1.29, 1.82) is 0 Å². The lowest BCUT2D eigenvalue weighted by atomic mass is 10.0. The summed E-state index contributed by atoms with van der Waals surface area (Å²) in [6.45, 7) is 5.78. The van der Waals surface area contributed by atoms with Crippen molar-refractivity contribution >= 4 is 23.7 Å². The predicted molar refractivity (Wildman–Crippen MR) is 117 cm³/mol. The van der Waals surface area contributed by atoms with E-state index in [1.54, 1.807) is 26.0 Å². The molecule has 0 radical (unpaired) electrons. The Morgan fingerprint density at radius 2 is 1.69 bits per heavy atom. The van der Waals surface area contributed by atoms with E-state index in [0.717, 1.165) is 13.0 Å². The smallest absolute Gasteiger partial charge is 0.326 e. The highest BCUT2D eigenvalue weighted by Crippen LogP contribution is 2.12. The van der Waals surface area contributed by atoms with Gasteiger partial charge in [0.25, 0.3) is 0 Å². The maximum absolute atomic E-state index is 12.7. The van der Waals surface area contributed by atoms with Crippen LogP contribution in [0.15, 0.2) is 24.3 Å². The number of rotatable bonds is 10. The number of carbonyl (C=O) groups excluding carboxylic acids is 3. The third-order valence-electron chi connectivity index (χ3n) is 5.37. The number of amides is 3. The fourth-order valence-electron chi connectivity index (χ4n) is 3.43. The Bertz CT molecular complexity index is 820. The third-order valence-corrected chi connectivity index (χ3v) is 5.37. The second kappa shape index (κ2) is 11.5. The number of hydrogen-bond donors (Lipinski definition) is 6. The average molecular weight is 449 g/mol. The predicted octanol–water partition coefficient (Wildman–Crippen LogP) is -0.0984. The Kier molecular flexibility index (Phi) is 9.01. The summed E-state index contributed by atoms with van der Waals surface area (Å²) < 4.78 is 0. The molecule has 10 nitrogen and oxygen atoms in total. The molecule has 2 rings (SSSR count).